The van der Waals surface area contributed by atoms with E-state index in [4.69, 9.17) is 9.47 Å². The van der Waals surface area contributed by atoms with Gasteiger partial charge >= 0.3 is 0 Å². The minimum absolute atomic E-state index is 0.0954. The molecule has 3 aromatic rings. The van der Waals surface area contributed by atoms with E-state index in [0.29, 0.717) is 37.6 Å². The maximum atomic E-state index is 13.7. The molecule has 0 aliphatic carbocycles. The molecule has 192 valence electrons. The lowest BCUT2D eigenvalue weighted by Crippen LogP contribution is -2.54. The van der Waals surface area contributed by atoms with Crippen LogP contribution in [0.5, 0.6) is 0 Å². The van der Waals surface area contributed by atoms with Crippen LogP contribution in [0.2, 0.25) is 0 Å². The molecule has 1 N–H and O–H groups in total. The molecule has 2 aliphatic heterocycles. The number of ketones is 2. The quantitative estimate of drug-likeness (QED) is 0.521. The van der Waals surface area contributed by atoms with Gasteiger partial charge in [0.25, 0.3) is 0 Å². The van der Waals surface area contributed by atoms with E-state index in [-0.39, 0.29) is 11.6 Å². The maximum absolute atomic E-state index is 13.7. The molecule has 2 fully saturated rings. The molecular formula is C29H37N3O4. The Balaban J connectivity index is 1.53. The highest BCUT2D eigenvalue weighted by Crippen LogP contribution is 2.33. The van der Waals surface area contributed by atoms with Gasteiger partial charge in [-0.25, -0.2) is 0 Å². The number of fused-ring (bicyclic) bond motifs is 3. The molecule has 2 saturated heterocycles. The fourth-order valence-corrected chi connectivity index (χ4v) is 5.69. The van der Waals surface area contributed by atoms with Crippen molar-refractivity contribution in [1.29, 1.82) is 0 Å². The second-order valence-corrected chi connectivity index (χ2v) is 11.1. The first-order chi connectivity index (χ1) is 17.1. The number of nitrogens with one attached hydrogen (secondary N) is 1. The van der Waals surface area contributed by atoms with Crippen molar-refractivity contribution in [3.05, 3.63) is 47.0 Å². The third-order valence-corrected chi connectivity index (χ3v) is 8.14. The molecule has 0 saturated carbocycles. The Kier molecular flexibility index (Phi) is 6.53. The van der Waals surface area contributed by atoms with Gasteiger partial charge in [-0.05, 0) is 70.5 Å². The van der Waals surface area contributed by atoms with Gasteiger partial charge in [-0.3, -0.25) is 19.4 Å². The summed E-state index contributed by atoms with van der Waals surface area (Å²) in [5.41, 5.74) is 3.12. The van der Waals surface area contributed by atoms with Crippen molar-refractivity contribution in [3.8, 4) is 0 Å². The number of benzene rings is 2. The van der Waals surface area contributed by atoms with Gasteiger partial charge in [-0.15, -0.1) is 0 Å². The summed E-state index contributed by atoms with van der Waals surface area (Å²) >= 11 is 0. The summed E-state index contributed by atoms with van der Waals surface area (Å²) < 4.78 is 11.0. The lowest BCUT2D eigenvalue weighted by Gasteiger charge is -2.39. The molecule has 7 heteroatoms. The number of carbonyl (C=O) groups excluding carboxylic acids is 2. The zero-order valence-corrected chi connectivity index (χ0v) is 22.1. The molecule has 0 amide bonds. The van der Waals surface area contributed by atoms with E-state index in [0.717, 1.165) is 53.5 Å². The zero-order chi connectivity index (χ0) is 25.7. The first kappa shape index (κ1) is 25.1. The van der Waals surface area contributed by atoms with Crippen LogP contribution >= 0.6 is 0 Å². The van der Waals surface area contributed by atoms with E-state index in [1.807, 2.05) is 65.0 Å². The summed E-state index contributed by atoms with van der Waals surface area (Å²) in [5, 5.41) is 1.94. The largest absolute Gasteiger partial charge is 0.379 e. The molecule has 3 heterocycles. The summed E-state index contributed by atoms with van der Waals surface area (Å²) in [7, 11) is 0. The molecular weight excluding hydrogens is 454 g/mol. The van der Waals surface area contributed by atoms with Crippen LogP contribution in [0, 0.1) is 6.92 Å². The fourth-order valence-electron chi connectivity index (χ4n) is 5.69. The van der Waals surface area contributed by atoms with Crippen LogP contribution < -0.4 is 0 Å². The van der Waals surface area contributed by atoms with Crippen LogP contribution in [0.25, 0.3) is 21.8 Å². The number of rotatable bonds is 6. The van der Waals surface area contributed by atoms with Gasteiger partial charge in [0.05, 0.1) is 37.5 Å². The van der Waals surface area contributed by atoms with Gasteiger partial charge in [-0.1, -0.05) is 0 Å². The smallest absolute Gasteiger partial charge is 0.182 e. The molecule has 36 heavy (non-hydrogen) atoms. The van der Waals surface area contributed by atoms with Crippen molar-refractivity contribution in [3.63, 3.8) is 0 Å². The third kappa shape index (κ3) is 4.28. The molecule has 0 atom stereocenters. The standard InChI is InChI=1S/C29H37N3O4/c1-19-16-21(27(34)29(4,5)32-10-14-36-15-11-32)18-23-22-17-20(6-7-24(22)30-25(19)23)26(33)28(2,3)31-8-12-35-13-9-31/h6-7,16-18,30H,8-15H2,1-5H3. The van der Waals surface area contributed by atoms with Crippen molar-refractivity contribution in [2.45, 2.75) is 45.7 Å². The topological polar surface area (TPSA) is 74.9 Å². The Labute approximate surface area is 212 Å². The Hall–Kier alpha value is -2.58. The molecule has 0 unspecified atom stereocenters. The summed E-state index contributed by atoms with van der Waals surface area (Å²) in [5.74, 6) is 0.197. The number of aromatic nitrogens is 1. The minimum atomic E-state index is -0.626. The SMILES string of the molecule is Cc1cc(C(=O)C(C)(C)N2CCOCC2)cc2c1[nH]c1ccc(C(=O)C(C)(C)N3CCOCC3)cc12. The number of hydrogen-bond acceptors (Lipinski definition) is 6. The molecule has 0 spiro atoms. The minimum Gasteiger partial charge on any atom is -0.379 e. The lowest BCUT2D eigenvalue weighted by molar-refractivity contribution is -0.00442. The first-order valence-corrected chi connectivity index (χ1v) is 12.9. The van der Waals surface area contributed by atoms with E-state index in [9.17, 15) is 9.59 Å². The Morgan fingerprint density at radius 3 is 1.81 bits per heavy atom. The van der Waals surface area contributed by atoms with Gasteiger partial charge < -0.3 is 14.5 Å². The van der Waals surface area contributed by atoms with E-state index in [1.165, 1.54) is 0 Å². The number of hydrogen-bond donors (Lipinski definition) is 1. The highest BCUT2D eigenvalue weighted by molar-refractivity contribution is 6.15. The Morgan fingerprint density at radius 1 is 0.750 bits per heavy atom. The predicted molar refractivity (Wildman–Crippen MR) is 142 cm³/mol. The molecule has 0 bridgehead atoms. The number of morpholine rings is 2. The molecule has 0 radical (unpaired) electrons. The summed E-state index contributed by atoms with van der Waals surface area (Å²) in [4.78, 5) is 35.3. The Bertz CT molecular complexity index is 1310. The lowest BCUT2D eigenvalue weighted by atomic mass is 9.88. The fraction of sp³-hybridized carbons (Fsp3) is 0.517. The number of Topliss-reactive ketones (excluding diaryl/α,β-unsaturated/α-hetero) is 2. The Morgan fingerprint density at radius 2 is 1.25 bits per heavy atom. The molecule has 2 aromatic carbocycles. The van der Waals surface area contributed by atoms with Crippen LogP contribution in [0.1, 0.15) is 54.0 Å². The van der Waals surface area contributed by atoms with Crippen LogP contribution in [0.15, 0.2) is 30.3 Å². The highest BCUT2D eigenvalue weighted by Gasteiger charge is 2.37. The number of carbonyl (C=O) groups is 2. The average molecular weight is 492 g/mol. The predicted octanol–water partition coefficient (Wildman–Crippen LogP) is 4.22. The van der Waals surface area contributed by atoms with Gasteiger partial charge in [0.15, 0.2) is 11.6 Å². The van der Waals surface area contributed by atoms with E-state index >= 15 is 0 Å². The number of ether oxygens (including phenoxy) is 2. The maximum Gasteiger partial charge on any atom is 0.182 e. The van der Waals surface area contributed by atoms with Gasteiger partial charge in [-0.2, -0.15) is 0 Å². The van der Waals surface area contributed by atoms with Crippen molar-refractivity contribution in [2.24, 2.45) is 0 Å². The van der Waals surface area contributed by atoms with Crippen molar-refractivity contribution < 1.29 is 19.1 Å². The molecule has 7 nitrogen and oxygen atoms in total. The van der Waals surface area contributed by atoms with Crippen molar-refractivity contribution in [2.75, 3.05) is 52.6 Å². The summed E-state index contributed by atoms with van der Waals surface area (Å²) in [6.07, 6.45) is 0. The highest BCUT2D eigenvalue weighted by atomic mass is 16.5. The van der Waals surface area contributed by atoms with E-state index in [1.54, 1.807) is 0 Å². The monoisotopic (exact) mass is 491 g/mol. The van der Waals surface area contributed by atoms with E-state index < -0.39 is 11.1 Å². The van der Waals surface area contributed by atoms with Crippen molar-refractivity contribution >= 4 is 33.4 Å². The number of H-pyrrole nitrogens is 1. The first-order valence-electron chi connectivity index (χ1n) is 12.9. The third-order valence-electron chi connectivity index (χ3n) is 8.14. The zero-order valence-electron chi connectivity index (χ0n) is 22.1. The van der Waals surface area contributed by atoms with Gasteiger partial charge in [0, 0.05) is 59.1 Å². The second-order valence-electron chi connectivity index (χ2n) is 11.1. The molecule has 5 rings (SSSR count). The second kappa shape index (κ2) is 9.38. The van der Waals surface area contributed by atoms with E-state index in [2.05, 4.69) is 14.8 Å². The summed E-state index contributed by atoms with van der Waals surface area (Å²) in [6, 6.07) is 9.85. The van der Waals surface area contributed by atoms with Crippen LogP contribution in [0.4, 0.5) is 0 Å². The number of aryl methyl sites for hydroxylation is 1. The van der Waals surface area contributed by atoms with Gasteiger partial charge in [0.1, 0.15) is 0 Å². The normalized spacial score (nSPS) is 18.7. The summed E-state index contributed by atoms with van der Waals surface area (Å²) in [6.45, 7) is 15.6. The van der Waals surface area contributed by atoms with Crippen LogP contribution in [0.3, 0.4) is 0 Å². The van der Waals surface area contributed by atoms with Crippen molar-refractivity contribution in [1.82, 2.24) is 14.8 Å². The number of nitrogens with zero attached hydrogens (tertiary/aromatic N) is 2. The molecule has 1 aromatic heterocycles. The molecule has 2 aliphatic rings. The number of aromatic amines is 1. The van der Waals surface area contributed by atoms with Gasteiger partial charge in [0.2, 0.25) is 0 Å². The van der Waals surface area contributed by atoms with Crippen LogP contribution in [-0.2, 0) is 9.47 Å². The average Bonchev–Trinajstić information content (AvgIpc) is 3.27. The van der Waals surface area contributed by atoms with Crippen LogP contribution in [-0.4, -0.2) is 90.0 Å².